The summed E-state index contributed by atoms with van der Waals surface area (Å²) in [6.07, 6.45) is 8.49. The van der Waals surface area contributed by atoms with Gasteiger partial charge in [0.1, 0.15) is 0 Å². The van der Waals surface area contributed by atoms with E-state index in [4.69, 9.17) is 10.6 Å². The van der Waals surface area contributed by atoms with E-state index in [1.807, 2.05) is 7.11 Å². The van der Waals surface area contributed by atoms with Crippen LogP contribution in [0, 0.1) is 11.8 Å². The van der Waals surface area contributed by atoms with Crippen molar-refractivity contribution >= 4 is 0 Å². The molecular formula is C15H32N2O. The summed E-state index contributed by atoms with van der Waals surface area (Å²) in [6, 6.07) is 0.284. The van der Waals surface area contributed by atoms with Gasteiger partial charge in [-0.1, -0.05) is 46.5 Å². The van der Waals surface area contributed by atoms with E-state index in [9.17, 15) is 0 Å². The van der Waals surface area contributed by atoms with Crippen LogP contribution in [0.25, 0.3) is 0 Å². The average molecular weight is 256 g/mol. The fraction of sp³-hybridized carbons (Fsp3) is 1.00. The van der Waals surface area contributed by atoms with Crippen LogP contribution in [0.1, 0.15) is 65.7 Å². The summed E-state index contributed by atoms with van der Waals surface area (Å²) in [4.78, 5) is 0. The Hall–Kier alpha value is -0.120. The molecule has 18 heavy (non-hydrogen) atoms. The molecule has 1 fully saturated rings. The van der Waals surface area contributed by atoms with E-state index in [1.165, 1.54) is 25.7 Å². The summed E-state index contributed by atoms with van der Waals surface area (Å²) in [5.41, 5.74) is 3.00. The van der Waals surface area contributed by atoms with Crippen LogP contribution in [-0.4, -0.2) is 18.8 Å². The molecule has 108 valence electrons. The number of hydrogen-bond acceptors (Lipinski definition) is 3. The van der Waals surface area contributed by atoms with Crippen molar-refractivity contribution < 1.29 is 4.74 Å². The predicted molar refractivity (Wildman–Crippen MR) is 77.2 cm³/mol. The normalized spacial score (nSPS) is 32.2. The Morgan fingerprint density at radius 3 is 2.72 bits per heavy atom. The molecule has 1 saturated carbocycles. The molecule has 0 spiro atoms. The molecule has 3 heteroatoms. The van der Waals surface area contributed by atoms with Crippen molar-refractivity contribution in [2.45, 2.75) is 77.4 Å². The number of hydrazine groups is 1. The second-order valence-corrected chi connectivity index (χ2v) is 6.32. The molecule has 0 saturated heterocycles. The first-order chi connectivity index (χ1) is 8.57. The Labute approximate surface area is 113 Å². The Bertz CT molecular complexity index is 235. The highest BCUT2D eigenvalue weighted by atomic mass is 16.5. The van der Waals surface area contributed by atoms with Crippen molar-refractivity contribution in [3.8, 4) is 0 Å². The lowest BCUT2D eigenvalue weighted by molar-refractivity contribution is -0.0838. The zero-order chi connectivity index (χ0) is 13.6. The van der Waals surface area contributed by atoms with E-state index >= 15 is 0 Å². The maximum atomic E-state index is 5.94. The van der Waals surface area contributed by atoms with Crippen LogP contribution in [0.4, 0.5) is 0 Å². The van der Waals surface area contributed by atoms with Crippen molar-refractivity contribution in [3.05, 3.63) is 0 Å². The summed E-state index contributed by atoms with van der Waals surface area (Å²) in [5.74, 6) is 7.28. The topological polar surface area (TPSA) is 47.3 Å². The quantitative estimate of drug-likeness (QED) is 0.543. The van der Waals surface area contributed by atoms with E-state index in [0.29, 0.717) is 5.92 Å². The lowest BCUT2D eigenvalue weighted by atomic mass is 9.72. The summed E-state index contributed by atoms with van der Waals surface area (Å²) in [6.45, 7) is 6.90. The summed E-state index contributed by atoms with van der Waals surface area (Å²) in [7, 11) is 1.85. The van der Waals surface area contributed by atoms with E-state index in [0.717, 1.165) is 25.2 Å². The minimum absolute atomic E-state index is 0.0472. The second kappa shape index (κ2) is 7.46. The van der Waals surface area contributed by atoms with Gasteiger partial charge < -0.3 is 4.74 Å². The van der Waals surface area contributed by atoms with E-state index in [2.05, 4.69) is 26.2 Å². The molecule has 0 aromatic carbocycles. The van der Waals surface area contributed by atoms with Crippen LogP contribution in [-0.2, 0) is 4.74 Å². The first kappa shape index (κ1) is 15.9. The molecule has 0 radical (unpaired) electrons. The zero-order valence-electron chi connectivity index (χ0n) is 12.7. The minimum atomic E-state index is -0.0472. The predicted octanol–water partition coefficient (Wildman–Crippen LogP) is 3.24. The summed E-state index contributed by atoms with van der Waals surface area (Å²) in [5, 5.41) is 0. The molecule has 3 nitrogen and oxygen atoms in total. The van der Waals surface area contributed by atoms with Crippen molar-refractivity contribution in [1.82, 2.24) is 5.43 Å². The van der Waals surface area contributed by atoms with Gasteiger partial charge in [-0.3, -0.25) is 11.3 Å². The molecule has 0 bridgehead atoms. The number of ether oxygens (including phenoxy) is 1. The highest BCUT2D eigenvalue weighted by Gasteiger charge is 2.42. The van der Waals surface area contributed by atoms with Crippen LogP contribution in [0.2, 0.25) is 0 Å². The Balaban J connectivity index is 2.69. The van der Waals surface area contributed by atoms with E-state index in [-0.39, 0.29) is 11.6 Å². The van der Waals surface area contributed by atoms with Gasteiger partial charge in [-0.15, -0.1) is 0 Å². The second-order valence-electron chi connectivity index (χ2n) is 6.32. The molecule has 1 aliphatic rings. The largest absolute Gasteiger partial charge is 0.377 e. The lowest BCUT2D eigenvalue weighted by Gasteiger charge is -2.45. The van der Waals surface area contributed by atoms with Crippen molar-refractivity contribution in [2.24, 2.45) is 17.7 Å². The highest BCUT2D eigenvalue weighted by Crippen LogP contribution is 2.39. The Kier molecular flexibility index (Phi) is 6.61. The maximum absolute atomic E-state index is 5.94. The fourth-order valence-corrected chi connectivity index (χ4v) is 3.64. The van der Waals surface area contributed by atoms with Crippen LogP contribution in [0.5, 0.6) is 0 Å². The van der Waals surface area contributed by atoms with Gasteiger partial charge in [0.25, 0.3) is 0 Å². The molecule has 4 atom stereocenters. The van der Waals surface area contributed by atoms with E-state index < -0.39 is 0 Å². The van der Waals surface area contributed by atoms with Crippen LogP contribution in [0.3, 0.4) is 0 Å². The maximum Gasteiger partial charge on any atom is 0.0847 e. The van der Waals surface area contributed by atoms with Crippen LogP contribution >= 0.6 is 0 Å². The van der Waals surface area contributed by atoms with Gasteiger partial charge in [-0.05, 0) is 31.1 Å². The molecule has 0 aromatic heterocycles. The number of nitrogens with two attached hydrogens (primary N) is 1. The molecule has 1 aliphatic carbocycles. The molecular weight excluding hydrogens is 224 g/mol. The third kappa shape index (κ3) is 3.94. The third-order valence-corrected chi connectivity index (χ3v) is 4.65. The van der Waals surface area contributed by atoms with Crippen molar-refractivity contribution in [1.29, 1.82) is 0 Å². The number of nitrogens with one attached hydrogen (secondary N) is 1. The van der Waals surface area contributed by atoms with Gasteiger partial charge in [0.05, 0.1) is 11.6 Å². The number of methoxy groups -OCH3 is 1. The standard InChI is InChI=1S/C15H32N2O/c1-5-7-12(2)10-14(17-16)15(18-4)9-6-8-13(3)11-15/h12-14,17H,5-11,16H2,1-4H3. The summed E-state index contributed by atoms with van der Waals surface area (Å²) >= 11 is 0. The average Bonchev–Trinajstić information content (AvgIpc) is 2.36. The molecule has 0 aromatic rings. The van der Waals surface area contributed by atoms with Gasteiger partial charge in [-0.25, -0.2) is 0 Å². The lowest BCUT2D eigenvalue weighted by Crippen LogP contribution is -2.57. The molecule has 4 unspecified atom stereocenters. The highest BCUT2D eigenvalue weighted by molar-refractivity contribution is 4.96. The number of rotatable bonds is 7. The summed E-state index contributed by atoms with van der Waals surface area (Å²) < 4.78 is 5.94. The first-order valence-corrected chi connectivity index (χ1v) is 7.59. The van der Waals surface area contributed by atoms with E-state index in [1.54, 1.807) is 0 Å². The van der Waals surface area contributed by atoms with Gasteiger partial charge in [0, 0.05) is 7.11 Å². The molecule has 0 amide bonds. The van der Waals surface area contributed by atoms with Crippen LogP contribution < -0.4 is 11.3 Å². The van der Waals surface area contributed by atoms with Gasteiger partial charge in [0.2, 0.25) is 0 Å². The molecule has 0 aliphatic heterocycles. The first-order valence-electron chi connectivity index (χ1n) is 7.59. The Morgan fingerprint density at radius 1 is 1.50 bits per heavy atom. The molecule has 3 N–H and O–H groups in total. The van der Waals surface area contributed by atoms with Crippen molar-refractivity contribution in [2.75, 3.05) is 7.11 Å². The third-order valence-electron chi connectivity index (χ3n) is 4.65. The molecule has 1 rings (SSSR count). The molecule has 0 heterocycles. The monoisotopic (exact) mass is 256 g/mol. The fourth-order valence-electron chi connectivity index (χ4n) is 3.64. The van der Waals surface area contributed by atoms with Crippen LogP contribution in [0.15, 0.2) is 0 Å². The SMILES string of the molecule is CCCC(C)CC(NN)C1(OC)CCCC(C)C1. The zero-order valence-corrected chi connectivity index (χ0v) is 12.7. The smallest absolute Gasteiger partial charge is 0.0847 e. The van der Waals surface area contributed by atoms with Gasteiger partial charge in [-0.2, -0.15) is 0 Å². The van der Waals surface area contributed by atoms with Gasteiger partial charge in [0.15, 0.2) is 0 Å². The Morgan fingerprint density at radius 2 is 2.22 bits per heavy atom. The minimum Gasteiger partial charge on any atom is -0.377 e. The number of hydrogen-bond donors (Lipinski definition) is 2. The van der Waals surface area contributed by atoms with Gasteiger partial charge >= 0.3 is 0 Å². The van der Waals surface area contributed by atoms with Crippen molar-refractivity contribution in [3.63, 3.8) is 0 Å².